The molecule has 2 atom stereocenters. The highest BCUT2D eigenvalue weighted by molar-refractivity contribution is 5.81. The first-order chi connectivity index (χ1) is 12.5. The van der Waals surface area contributed by atoms with Gasteiger partial charge in [-0.15, -0.1) is 0 Å². The van der Waals surface area contributed by atoms with Gasteiger partial charge in [-0.3, -0.25) is 4.79 Å². The van der Waals surface area contributed by atoms with Crippen molar-refractivity contribution in [2.75, 3.05) is 0 Å². The molecular weight excluding hydrogens is 322 g/mol. The zero-order valence-electron chi connectivity index (χ0n) is 16.3. The predicted molar refractivity (Wildman–Crippen MR) is 106 cm³/mol. The van der Waals surface area contributed by atoms with E-state index in [1.807, 2.05) is 32.9 Å². The highest BCUT2D eigenvalue weighted by Gasteiger charge is 2.22. The molecule has 0 aromatic heterocycles. The van der Waals surface area contributed by atoms with Crippen LogP contribution in [0.2, 0.25) is 0 Å². The Morgan fingerprint density at radius 1 is 1.12 bits per heavy atom. The fourth-order valence-electron chi connectivity index (χ4n) is 3.66. The molecule has 3 nitrogen and oxygen atoms in total. The van der Waals surface area contributed by atoms with Crippen LogP contribution in [0.4, 0.5) is 0 Å². The number of hydrogen-bond acceptors (Lipinski definition) is 2. The highest BCUT2D eigenvalue weighted by atomic mass is 16.5. The second-order valence-corrected chi connectivity index (χ2v) is 7.40. The van der Waals surface area contributed by atoms with Crippen molar-refractivity contribution in [1.82, 2.24) is 5.32 Å². The predicted octanol–water partition coefficient (Wildman–Crippen LogP) is 4.83. The van der Waals surface area contributed by atoms with Crippen molar-refractivity contribution in [2.45, 2.75) is 65.5 Å². The molecule has 0 unspecified atom stereocenters. The first-order valence-corrected chi connectivity index (χ1v) is 9.64. The number of carbonyl (C=O) groups is 1. The Balaban J connectivity index is 1.66. The highest BCUT2D eigenvalue weighted by Crippen LogP contribution is 2.26. The average molecular weight is 351 g/mol. The second-order valence-electron chi connectivity index (χ2n) is 7.40. The number of benzene rings is 2. The number of aryl methyl sites for hydroxylation is 4. The van der Waals surface area contributed by atoms with E-state index in [0.717, 1.165) is 17.7 Å². The van der Waals surface area contributed by atoms with Crippen LogP contribution in [0.1, 0.15) is 60.5 Å². The van der Waals surface area contributed by atoms with E-state index in [0.29, 0.717) is 6.42 Å². The zero-order chi connectivity index (χ0) is 18.7. The molecule has 0 saturated heterocycles. The second kappa shape index (κ2) is 7.94. The summed E-state index contributed by atoms with van der Waals surface area (Å²) in [5.74, 6) is 0.725. The summed E-state index contributed by atoms with van der Waals surface area (Å²) in [4.78, 5) is 12.7. The van der Waals surface area contributed by atoms with Gasteiger partial charge >= 0.3 is 0 Å². The molecule has 2 aromatic rings. The summed E-state index contributed by atoms with van der Waals surface area (Å²) < 4.78 is 6.01. The number of carbonyl (C=O) groups excluding carboxylic acids is 1. The summed E-state index contributed by atoms with van der Waals surface area (Å²) in [6.07, 6.45) is 3.72. The van der Waals surface area contributed by atoms with Crippen molar-refractivity contribution in [3.05, 3.63) is 64.2 Å². The molecule has 0 heterocycles. The Hall–Kier alpha value is -2.29. The van der Waals surface area contributed by atoms with Crippen molar-refractivity contribution in [3.8, 4) is 5.75 Å². The summed E-state index contributed by atoms with van der Waals surface area (Å²) in [5.41, 5.74) is 6.31. The fourth-order valence-corrected chi connectivity index (χ4v) is 3.66. The maximum Gasteiger partial charge on any atom is 0.261 e. The Labute approximate surface area is 156 Å². The minimum Gasteiger partial charge on any atom is -0.480 e. The lowest BCUT2D eigenvalue weighted by Crippen LogP contribution is -2.39. The largest absolute Gasteiger partial charge is 0.480 e. The summed E-state index contributed by atoms with van der Waals surface area (Å²) >= 11 is 0. The van der Waals surface area contributed by atoms with Gasteiger partial charge in [0.25, 0.3) is 5.91 Å². The van der Waals surface area contributed by atoms with Crippen molar-refractivity contribution >= 4 is 5.91 Å². The standard InChI is InChI=1S/C23H29NO2/c1-5-21(26-22-12-9-15(2)13-16(22)3)23(25)24-17(4)19-11-10-18-7-6-8-20(18)14-19/h9-14,17,21H,5-8H2,1-4H3,(H,24,25)/t17-,21+/m1/s1. The molecule has 26 heavy (non-hydrogen) atoms. The summed E-state index contributed by atoms with van der Waals surface area (Å²) in [7, 11) is 0. The van der Waals surface area contributed by atoms with E-state index in [1.165, 1.54) is 35.1 Å². The van der Waals surface area contributed by atoms with Crippen LogP contribution in [-0.4, -0.2) is 12.0 Å². The number of amides is 1. The van der Waals surface area contributed by atoms with Gasteiger partial charge in [-0.1, -0.05) is 42.8 Å². The molecule has 0 saturated carbocycles. The molecule has 0 aliphatic heterocycles. The van der Waals surface area contributed by atoms with Crippen molar-refractivity contribution in [1.29, 1.82) is 0 Å². The lowest BCUT2D eigenvalue weighted by atomic mass is 10.0. The Morgan fingerprint density at radius 2 is 1.88 bits per heavy atom. The van der Waals surface area contributed by atoms with E-state index in [9.17, 15) is 4.79 Å². The topological polar surface area (TPSA) is 38.3 Å². The van der Waals surface area contributed by atoms with Gasteiger partial charge < -0.3 is 10.1 Å². The fraction of sp³-hybridized carbons (Fsp3) is 0.435. The molecule has 3 rings (SSSR count). The van der Waals surface area contributed by atoms with Crippen LogP contribution in [0.5, 0.6) is 5.75 Å². The van der Waals surface area contributed by atoms with Gasteiger partial charge in [0.15, 0.2) is 6.10 Å². The SMILES string of the molecule is CC[C@H](Oc1ccc(C)cc1C)C(=O)N[C@H](C)c1ccc2c(c1)CCC2. The molecule has 0 radical (unpaired) electrons. The molecule has 1 amide bonds. The van der Waals surface area contributed by atoms with Crippen molar-refractivity contribution < 1.29 is 9.53 Å². The van der Waals surface area contributed by atoms with Gasteiger partial charge in [0, 0.05) is 0 Å². The number of rotatable bonds is 6. The lowest BCUT2D eigenvalue weighted by Gasteiger charge is -2.22. The molecule has 3 heteroatoms. The van der Waals surface area contributed by atoms with Crippen LogP contribution in [0.3, 0.4) is 0 Å². The van der Waals surface area contributed by atoms with Crippen LogP contribution in [0.15, 0.2) is 36.4 Å². The minimum atomic E-state index is -0.478. The van der Waals surface area contributed by atoms with Gasteiger partial charge in [-0.25, -0.2) is 0 Å². The quantitative estimate of drug-likeness (QED) is 0.810. The summed E-state index contributed by atoms with van der Waals surface area (Å²) in [6.45, 7) is 8.09. The van der Waals surface area contributed by atoms with Gasteiger partial charge in [-0.2, -0.15) is 0 Å². The van der Waals surface area contributed by atoms with Gasteiger partial charge in [0.1, 0.15) is 5.75 Å². The monoisotopic (exact) mass is 351 g/mol. The number of nitrogens with one attached hydrogen (secondary N) is 1. The van der Waals surface area contributed by atoms with E-state index in [-0.39, 0.29) is 11.9 Å². The molecule has 1 aliphatic carbocycles. The molecule has 0 spiro atoms. The Kier molecular flexibility index (Phi) is 5.65. The van der Waals surface area contributed by atoms with Crippen LogP contribution in [0, 0.1) is 13.8 Å². The first-order valence-electron chi connectivity index (χ1n) is 9.64. The summed E-state index contributed by atoms with van der Waals surface area (Å²) in [5, 5.41) is 3.13. The van der Waals surface area contributed by atoms with E-state index in [2.05, 4.69) is 36.5 Å². The van der Waals surface area contributed by atoms with Crippen LogP contribution >= 0.6 is 0 Å². The Bertz CT molecular complexity index is 797. The molecule has 0 fully saturated rings. The van der Waals surface area contributed by atoms with Crippen molar-refractivity contribution in [3.63, 3.8) is 0 Å². The first kappa shape index (κ1) is 18.5. The van der Waals surface area contributed by atoms with E-state index < -0.39 is 6.10 Å². The lowest BCUT2D eigenvalue weighted by molar-refractivity contribution is -0.128. The van der Waals surface area contributed by atoms with Crippen LogP contribution < -0.4 is 10.1 Å². The van der Waals surface area contributed by atoms with Gasteiger partial charge in [0.2, 0.25) is 0 Å². The molecule has 1 N–H and O–H groups in total. The maximum atomic E-state index is 12.7. The third-order valence-corrected chi connectivity index (χ3v) is 5.24. The number of hydrogen-bond donors (Lipinski definition) is 1. The van der Waals surface area contributed by atoms with E-state index >= 15 is 0 Å². The average Bonchev–Trinajstić information content (AvgIpc) is 3.08. The van der Waals surface area contributed by atoms with Gasteiger partial charge in [0.05, 0.1) is 6.04 Å². The molecule has 2 aromatic carbocycles. The molecule has 1 aliphatic rings. The summed E-state index contributed by atoms with van der Waals surface area (Å²) in [6, 6.07) is 12.6. The van der Waals surface area contributed by atoms with Gasteiger partial charge in [-0.05, 0) is 74.8 Å². The van der Waals surface area contributed by atoms with Crippen molar-refractivity contribution in [2.24, 2.45) is 0 Å². The number of fused-ring (bicyclic) bond motifs is 1. The van der Waals surface area contributed by atoms with Crippen LogP contribution in [-0.2, 0) is 17.6 Å². The smallest absolute Gasteiger partial charge is 0.261 e. The number of ether oxygens (including phenoxy) is 1. The van der Waals surface area contributed by atoms with E-state index in [1.54, 1.807) is 0 Å². The third-order valence-electron chi connectivity index (χ3n) is 5.24. The van der Waals surface area contributed by atoms with Crippen LogP contribution in [0.25, 0.3) is 0 Å². The molecule has 0 bridgehead atoms. The Morgan fingerprint density at radius 3 is 2.62 bits per heavy atom. The normalized spacial score (nSPS) is 15.2. The van der Waals surface area contributed by atoms with E-state index in [4.69, 9.17) is 4.74 Å². The zero-order valence-corrected chi connectivity index (χ0v) is 16.3. The molecular formula is C23H29NO2. The molecule has 138 valence electrons. The minimum absolute atomic E-state index is 0.0230. The maximum absolute atomic E-state index is 12.7. The third kappa shape index (κ3) is 4.09.